The molecule has 0 spiro atoms. The smallest absolute Gasteiger partial charge is 0.422 e. The lowest BCUT2D eigenvalue weighted by molar-refractivity contribution is -0.154. The summed E-state index contributed by atoms with van der Waals surface area (Å²) in [7, 11) is 0. The molecule has 1 saturated heterocycles. The third-order valence-corrected chi connectivity index (χ3v) is 4.24. The predicted octanol–water partition coefficient (Wildman–Crippen LogP) is 2.08. The van der Waals surface area contributed by atoms with Gasteiger partial charge in [0.1, 0.15) is 0 Å². The predicted molar refractivity (Wildman–Crippen MR) is 98.7 cm³/mol. The third-order valence-electron chi connectivity index (χ3n) is 4.24. The largest absolute Gasteiger partial charge is 0.468 e. The van der Waals surface area contributed by atoms with Crippen LogP contribution in [0.15, 0.2) is 23.3 Å². The van der Waals surface area contributed by atoms with E-state index in [1.807, 2.05) is 6.92 Å². The fraction of sp³-hybridized carbons (Fsp3) is 0.611. The van der Waals surface area contributed by atoms with E-state index in [0.29, 0.717) is 26.1 Å². The highest BCUT2D eigenvalue weighted by atomic mass is 19.4. The molecule has 28 heavy (non-hydrogen) atoms. The number of carbonyl (C=O) groups is 1. The number of guanidine groups is 1. The summed E-state index contributed by atoms with van der Waals surface area (Å²) in [6.07, 6.45) is -0.673. The van der Waals surface area contributed by atoms with E-state index in [0.717, 1.165) is 30.9 Å². The Morgan fingerprint density at radius 2 is 2.25 bits per heavy atom. The number of nitrogens with zero attached hydrogens (tertiary/aromatic N) is 3. The molecule has 0 saturated carbocycles. The van der Waals surface area contributed by atoms with Crippen LogP contribution in [0.1, 0.15) is 31.7 Å². The minimum Gasteiger partial charge on any atom is -0.468 e. The number of aromatic nitrogens is 1. The first-order chi connectivity index (χ1) is 13.3. The number of halogens is 3. The number of rotatable bonds is 7. The van der Waals surface area contributed by atoms with E-state index in [-0.39, 0.29) is 17.7 Å². The molecule has 1 atom stereocenters. The van der Waals surface area contributed by atoms with Gasteiger partial charge in [-0.25, -0.2) is 9.98 Å². The van der Waals surface area contributed by atoms with E-state index < -0.39 is 12.8 Å². The summed E-state index contributed by atoms with van der Waals surface area (Å²) in [5.41, 5.74) is 6.06. The van der Waals surface area contributed by atoms with Crippen LogP contribution in [-0.2, 0) is 11.3 Å². The lowest BCUT2D eigenvalue weighted by Crippen LogP contribution is -2.47. The second-order valence-electron chi connectivity index (χ2n) is 6.70. The number of nitrogens with one attached hydrogen (secondary N) is 1. The number of likely N-dealkylation sites (tertiary alicyclic amines) is 1. The normalized spacial score (nSPS) is 18.1. The van der Waals surface area contributed by atoms with Crippen LogP contribution in [0, 0.1) is 5.92 Å². The number of aliphatic imine (C=N–C) groups is 1. The van der Waals surface area contributed by atoms with E-state index >= 15 is 0 Å². The zero-order valence-corrected chi connectivity index (χ0v) is 15.8. The highest BCUT2D eigenvalue weighted by molar-refractivity contribution is 5.80. The monoisotopic (exact) mass is 401 g/mol. The molecule has 156 valence electrons. The Bertz CT molecular complexity index is 664. The molecule has 2 rings (SSSR count). The van der Waals surface area contributed by atoms with Crippen molar-refractivity contribution >= 4 is 11.9 Å². The van der Waals surface area contributed by atoms with E-state index in [2.05, 4.69) is 24.9 Å². The van der Waals surface area contributed by atoms with Gasteiger partial charge in [-0.05, 0) is 31.2 Å². The van der Waals surface area contributed by atoms with Gasteiger partial charge in [-0.3, -0.25) is 4.79 Å². The molecule has 3 N–H and O–H groups in total. The molecule has 1 fully saturated rings. The minimum absolute atomic E-state index is 0.0812. The molecular formula is C18H26F3N5O2. The van der Waals surface area contributed by atoms with Crippen molar-refractivity contribution in [1.82, 2.24) is 15.2 Å². The number of primary amides is 1. The van der Waals surface area contributed by atoms with Crippen molar-refractivity contribution in [2.75, 3.05) is 26.2 Å². The molecule has 1 aliphatic rings. The van der Waals surface area contributed by atoms with Crippen LogP contribution in [0.2, 0.25) is 0 Å². The lowest BCUT2D eigenvalue weighted by Gasteiger charge is -2.34. The van der Waals surface area contributed by atoms with Gasteiger partial charge in [0, 0.05) is 38.3 Å². The Balaban J connectivity index is 1.97. The standard InChI is InChI=1S/C18H26F3N5O2/c1-2-23-17(26-7-3-4-13(11-26)8-15(22)27)25-10-14-5-6-16(24-9-14)28-12-18(19,20)21/h5-6,9,13H,2-4,7-8,10-12H2,1H3,(H2,22,27)(H,23,25). The van der Waals surface area contributed by atoms with Crippen molar-refractivity contribution in [1.29, 1.82) is 0 Å². The third kappa shape index (κ3) is 7.61. The Hall–Kier alpha value is -2.52. The molecule has 0 radical (unpaired) electrons. The van der Waals surface area contributed by atoms with Gasteiger partial charge < -0.3 is 20.7 Å². The molecule has 1 unspecified atom stereocenters. The number of hydrogen-bond donors (Lipinski definition) is 2. The summed E-state index contributed by atoms with van der Waals surface area (Å²) in [6.45, 7) is 3.16. The Kier molecular flexibility index (Phi) is 7.89. The molecular weight excluding hydrogens is 375 g/mol. The van der Waals surface area contributed by atoms with Gasteiger partial charge >= 0.3 is 6.18 Å². The minimum atomic E-state index is -4.40. The first-order valence-corrected chi connectivity index (χ1v) is 9.23. The fourth-order valence-electron chi connectivity index (χ4n) is 3.05. The average Bonchev–Trinajstić information content (AvgIpc) is 2.63. The maximum atomic E-state index is 12.2. The maximum Gasteiger partial charge on any atom is 0.422 e. The van der Waals surface area contributed by atoms with Gasteiger partial charge in [0.2, 0.25) is 11.8 Å². The van der Waals surface area contributed by atoms with Crippen LogP contribution in [0.3, 0.4) is 0 Å². The highest BCUT2D eigenvalue weighted by Crippen LogP contribution is 2.20. The maximum absolute atomic E-state index is 12.2. The summed E-state index contributed by atoms with van der Waals surface area (Å²) in [5.74, 6) is 0.561. The first kappa shape index (κ1) is 21.8. The van der Waals surface area contributed by atoms with Crippen molar-refractivity contribution in [3.05, 3.63) is 23.9 Å². The molecule has 10 heteroatoms. The Morgan fingerprint density at radius 3 is 2.86 bits per heavy atom. The van der Waals surface area contributed by atoms with E-state index in [9.17, 15) is 18.0 Å². The summed E-state index contributed by atoms with van der Waals surface area (Å²) in [6, 6.07) is 3.03. The summed E-state index contributed by atoms with van der Waals surface area (Å²) < 4.78 is 41.1. The zero-order valence-electron chi connectivity index (χ0n) is 15.8. The Labute approximate surface area is 162 Å². The second-order valence-corrected chi connectivity index (χ2v) is 6.70. The van der Waals surface area contributed by atoms with Gasteiger partial charge in [0.05, 0.1) is 6.54 Å². The van der Waals surface area contributed by atoms with E-state index in [1.165, 1.54) is 12.3 Å². The van der Waals surface area contributed by atoms with Crippen LogP contribution in [0.5, 0.6) is 5.88 Å². The van der Waals surface area contributed by atoms with Gasteiger partial charge in [-0.1, -0.05) is 6.07 Å². The molecule has 1 aromatic rings. The van der Waals surface area contributed by atoms with Crippen molar-refractivity contribution < 1.29 is 22.7 Å². The molecule has 1 amide bonds. The number of alkyl halides is 3. The van der Waals surface area contributed by atoms with E-state index in [4.69, 9.17) is 5.73 Å². The van der Waals surface area contributed by atoms with Crippen LogP contribution in [0.25, 0.3) is 0 Å². The molecule has 1 aromatic heterocycles. The van der Waals surface area contributed by atoms with Gasteiger partial charge in [-0.15, -0.1) is 0 Å². The fourth-order valence-corrected chi connectivity index (χ4v) is 3.05. The average molecular weight is 401 g/mol. The van der Waals surface area contributed by atoms with Crippen molar-refractivity contribution in [2.24, 2.45) is 16.6 Å². The number of nitrogens with two attached hydrogens (primary N) is 1. The van der Waals surface area contributed by atoms with Crippen LogP contribution < -0.4 is 15.8 Å². The summed E-state index contributed by atoms with van der Waals surface area (Å²) in [4.78, 5) is 21.8. The number of ether oxygens (including phenoxy) is 1. The molecule has 7 nitrogen and oxygen atoms in total. The number of carbonyl (C=O) groups excluding carboxylic acids is 1. The highest BCUT2D eigenvalue weighted by Gasteiger charge is 2.28. The number of piperidine rings is 1. The number of amides is 1. The van der Waals surface area contributed by atoms with Crippen LogP contribution in [0.4, 0.5) is 13.2 Å². The topological polar surface area (TPSA) is 92.8 Å². The SMILES string of the molecule is CCNC(=NCc1ccc(OCC(F)(F)F)nc1)N1CCCC(CC(N)=O)C1. The molecule has 0 bridgehead atoms. The Morgan fingerprint density at radius 1 is 1.46 bits per heavy atom. The number of hydrogen-bond acceptors (Lipinski definition) is 4. The summed E-state index contributed by atoms with van der Waals surface area (Å²) >= 11 is 0. The molecule has 2 heterocycles. The summed E-state index contributed by atoms with van der Waals surface area (Å²) in [5, 5.41) is 3.23. The van der Waals surface area contributed by atoms with Gasteiger partial charge in [-0.2, -0.15) is 13.2 Å². The lowest BCUT2D eigenvalue weighted by atomic mass is 9.95. The van der Waals surface area contributed by atoms with Gasteiger partial charge in [0.25, 0.3) is 0 Å². The quantitative estimate of drug-likeness (QED) is 0.539. The van der Waals surface area contributed by atoms with E-state index in [1.54, 1.807) is 6.07 Å². The van der Waals surface area contributed by atoms with Crippen molar-refractivity contribution in [3.8, 4) is 5.88 Å². The van der Waals surface area contributed by atoms with Crippen molar-refractivity contribution in [2.45, 2.75) is 38.9 Å². The molecule has 0 aromatic carbocycles. The van der Waals surface area contributed by atoms with Crippen molar-refractivity contribution in [3.63, 3.8) is 0 Å². The molecule has 0 aliphatic carbocycles. The van der Waals surface area contributed by atoms with Gasteiger partial charge in [0.15, 0.2) is 12.6 Å². The van der Waals surface area contributed by atoms with Crippen LogP contribution >= 0.6 is 0 Å². The first-order valence-electron chi connectivity index (χ1n) is 9.23. The number of pyridine rings is 1. The van der Waals surface area contributed by atoms with Crippen LogP contribution in [-0.4, -0.2) is 54.2 Å². The molecule has 1 aliphatic heterocycles. The zero-order chi connectivity index (χ0) is 20.6. The second kappa shape index (κ2) is 10.1.